The molecular weight excluding hydrogens is 336 g/mol. The summed E-state index contributed by atoms with van der Waals surface area (Å²) < 4.78 is 0. The monoisotopic (exact) mass is 364 g/mol. The van der Waals surface area contributed by atoms with Crippen LogP contribution in [0.2, 0.25) is 0 Å². The fourth-order valence-electron chi connectivity index (χ4n) is 3.60. The molecule has 4 heteroatoms. The summed E-state index contributed by atoms with van der Waals surface area (Å²) in [5, 5.41) is 6.09. The molecule has 3 rings (SSSR count). The van der Waals surface area contributed by atoms with E-state index in [1.54, 1.807) is 12.1 Å². The smallest absolute Gasteiger partial charge is 0.251 e. The van der Waals surface area contributed by atoms with E-state index in [-0.39, 0.29) is 17.9 Å². The lowest BCUT2D eigenvalue weighted by Crippen LogP contribution is -2.51. The fraction of sp³-hybridized carbons (Fsp3) is 0.391. The maximum atomic E-state index is 12.9. The van der Waals surface area contributed by atoms with Crippen molar-refractivity contribution in [2.24, 2.45) is 5.92 Å². The average molecular weight is 364 g/mol. The lowest BCUT2D eigenvalue weighted by Gasteiger charge is -2.29. The number of carbonyl (C=O) groups is 2. The van der Waals surface area contributed by atoms with Gasteiger partial charge in [-0.2, -0.15) is 0 Å². The summed E-state index contributed by atoms with van der Waals surface area (Å²) in [7, 11) is 0. The van der Waals surface area contributed by atoms with Gasteiger partial charge in [-0.3, -0.25) is 9.59 Å². The third kappa shape index (κ3) is 5.68. The quantitative estimate of drug-likeness (QED) is 0.821. The molecule has 0 heterocycles. The van der Waals surface area contributed by atoms with Crippen molar-refractivity contribution in [3.8, 4) is 0 Å². The highest BCUT2D eigenvalue weighted by Gasteiger charge is 2.26. The molecule has 1 aliphatic rings. The van der Waals surface area contributed by atoms with Crippen molar-refractivity contribution in [2.45, 2.75) is 51.1 Å². The molecule has 0 aliphatic heterocycles. The van der Waals surface area contributed by atoms with E-state index in [4.69, 9.17) is 0 Å². The first-order chi connectivity index (χ1) is 13.1. The fourth-order valence-corrected chi connectivity index (χ4v) is 3.60. The minimum Gasteiger partial charge on any atom is -0.352 e. The van der Waals surface area contributed by atoms with Crippen LogP contribution in [0.3, 0.4) is 0 Å². The minimum absolute atomic E-state index is 0.0947. The van der Waals surface area contributed by atoms with Gasteiger partial charge in [0.2, 0.25) is 5.91 Å². The lowest BCUT2D eigenvalue weighted by atomic mass is 9.87. The molecular formula is C23H28N2O2. The highest BCUT2D eigenvalue weighted by molar-refractivity contribution is 5.97. The van der Waals surface area contributed by atoms with Crippen LogP contribution in [0.1, 0.15) is 48.5 Å². The number of hydrogen-bond acceptors (Lipinski definition) is 2. The predicted octanol–water partition coefficient (Wildman–Crippen LogP) is 3.72. The van der Waals surface area contributed by atoms with Crippen molar-refractivity contribution < 1.29 is 9.59 Å². The molecule has 0 radical (unpaired) electrons. The highest BCUT2D eigenvalue weighted by atomic mass is 16.2. The van der Waals surface area contributed by atoms with Gasteiger partial charge in [0.05, 0.1) is 0 Å². The van der Waals surface area contributed by atoms with Crippen LogP contribution in [0, 0.1) is 5.92 Å². The molecule has 0 aromatic heterocycles. The Morgan fingerprint density at radius 2 is 1.52 bits per heavy atom. The van der Waals surface area contributed by atoms with E-state index >= 15 is 0 Å². The first kappa shape index (κ1) is 19.2. The summed E-state index contributed by atoms with van der Waals surface area (Å²) in [5.74, 6) is 0.419. The zero-order valence-electron chi connectivity index (χ0n) is 15.9. The Morgan fingerprint density at radius 3 is 2.15 bits per heavy atom. The molecule has 0 saturated heterocycles. The van der Waals surface area contributed by atoms with Crippen molar-refractivity contribution in [3.05, 3.63) is 71.8 Å². The second-order valence-electron chi connectivity index (χ2n) is 7.55. The standard InChI is InChI=1S/C23H28N2O2/c1-17-12-14-20(15-13-17)24-23(27)21(16-18-8-4-2-5-9-18)25-22(26)19-10-6-3-7-11-19/h2-11,17,20-21H,12-16H2,1H3,(H,24,27)(H,25,26). The van der Waals surface area contributed by atoms with Gasteiger partial charge < -0.3 is 10.6 Å². The molecule has 142 valence electrons. The molecule has 0 spiro atoms. The van der Waals surface area contributed by atoms with Crippen molar-refractivity contribution in [1.29, 1.82) is 0 Å². The summed E-state index contributed by atoms with van der Waals surface area (Å²) in [6.07, 6.45) is 4.79. The molecule has 1 atom stereocenters. The SMILES string of the molecule is CC1CCC(NC(=O)C(Cc2ccccc2)NC(=O)c2ccccc2)CC1. The van der Waals surface area contributed by atoms with Crippen LogP contribution in [0.5, 0.6) is 0 Å². The zero-order valence-corrected chi connectivity index (χ0v) is 15.9. The van der Waals surface area contributed by atoms with Gasteiger partial charge in [-0.05, 0) is 49.3 Å². The van der Waals surface area contributed by atoms with E-state index < -0.39 is 6.04 Å². The van der Waals surface area contributed by atoms with E-state index in [0.717, 1.165) is 37.2 Å². The van der Waals surface area contributed by atoms with Crippen LogP contribution >= 0.6 is 0 Å². The molecule has 4 nitrogen and oxygen atoms in total. The van der Waals surface area contributed by atoms with Gasteiger partial charge >= 0.3 is 0 Å². The normalized spacial score (nSPS) is 20.5. The van der Waals surface area contributed by atoms with Gasteiger partial charge in [0.15, 0.2) is 0 Å². The number of rotatable bonds is 6. The van der Waals surface area contributed by atoms with Gasteiger partial charge in [-0.1, -0.05) is 55.5 Å². The van der Waals surface area contributed by atoms with Crippen molar-refractivity contribution in [3.63, 3.8) is 0 Å². The summed E-state index contributed by atoms with van der Waals surface area (Å²) in [4.78, 5) is 25.5. The van der Waals surface area contributed by atoms with E-state index in [1.807, 2.05) is 48.5 Å². The first-order valence-electron chi connectivity index (χ1n) is 9.82. The van der Waals surface area contributed by atoms with Gasteiger partial charge in [-0.15, -0.1) is 0 Å². The Morgan fingerprint density at radius 1 is 0.926 bits per heavy atom. The van der Waals surface area contributed by atoms with Crippen molar-refractivity contribution in [1.82, 2.24) is 10.6 Å². The Labute approximate surface area is 161 Å². The van der Waals surface area contributed by atoms with E-state index in [0.29, 0.717) is 12.0 Å². The second-order valence-corrected chi connectivity index (χ2v) is 7.55. The number of hydrogen-bond donors (Lipinski definition) is 2. The van der Waals surface area contributed by atoms with Crippen LogP contribution in [0.4, 0.5) is 0 Å². The summed E-state index contributed by atoms with van der Waals surface area (Å²) in [6, 6.07) is 18.5. The Kier molecular flexibility index (Phi) is 6.64. The molecule has 2 aromatic carbocycles. The zero-order chi connectivity index (χ0) is 19.1. The van der Waals surface area contributed by atoms with Crippen LogP contribution < -0.4 is 10.6 Å². The van der Waals surface area contributed by atoms with Crippen molar-refractivity contribution >= 4 is 11.8 Å². The van der Waals surface area contributed by atoms with Gasteiger partial charge in [-0.25, -0.2) is 0 Å². The molecule has 27 heavy (non-hydrogen) atoms. The van der Waals surface area contributed by atoms with Gasteiger partial charge in [0, 0.05) is 18.0 Å². The van der Waals surface area contributed by atoms with E-state index in [2.05, 4.69) is 17.6 Å². The lowest BCUT2D eigenvalue weighted by molar-refractivity contribution is -0.123. The maximum Gasteiger partial charge on any atom is 0.251 e. The minimum atomic E-state index is -0.584. The number of benzene rings is 2. The van der Waals surface area contributed by atoms with E-state index in [9.17, 15) is 9.59 Å². The Balaban J connectivity index is 1.68. The maximum absolute atomic E-state index is 12.9. The molecule has 0 bridgehead atoms. The molecule has 2 amide bonds. The largest absolute Gasteiger partial charge is 0.352 e. The summed E-state index contributed by atoms with van der Waals surface area (Å²) >= 11 is 0. The Bertz CT molecular complexity index is 737. The van der Waals surface area contributed by atoms with Gasteiger partial charge in [0.1, 0.15) is 6.04 Å². The third-order valence-electron chi connectivity index (χ3n) is 5.30. The first-order valence-corrected chi connectivity index (χ1v) is 9.82. The van der Waals surface area contributed by atoms with Crippen LogP contribution in [-0.2, 0) is 11.2 Å². The Hall–Kier alpha value is -2.62. The summed E-state index contributed by atoms with van der Waals surface area (Å²) in [6.45, 7) is 2.26. The number of nitrogens with one attached hydrogen (secondary N) is 2. The molecule has 1 unspecified atom stereocenters. The highest BCUT2D eigenvalue weighted by Crippen LogP contribution is 2.23. The summed E-state index contributed by atoms with van der Waals surface area (Å²) in [5.41, 5.74) is 1.60. The van der Waals surface area contributed by atoms with E-state index in [1.165, 1.54) is 0 Å². The van der Waals surface area contributed by atoms with Crippen LogP contribution in [0.15, 0.2) is 60.7 Å². The third-order valence-corrected chi connectivity index (χ3v) is 5.30. The van der Waals surface area contributed by atoms with Gasteiger partial charge in [0.25, 0.3) is 5.91 Å². The topological polar surface area (TPSA) is 58.2 Å². The van der Waals surface area contributed by atoms with Crippen LogP contribution in [0.25, 0.3) is 0 Å². The second kappa shape index (κ2) is 9.36. The molecule has 2 N–H and O–H groups in total. The van der Waals surface area contributed by atoms with Crippen molar-refractivity contribution in [2.75, 3.05) is 0 Å². The molecule has 2 aromatic rings. The molecule has 1 fully saturated rings. The average Bonchev–Trinajstić information content (AvgIpc) is 2.70. The number of amides is 2. The molecule has 1 aliphatic carbocycles. The predicted molar refractivity (Wildman–Crippen MR) is 107 cm³/mol. The number of carbonyl (C=O) groups excluding carboxylic acids is 2. The van der Waals surface area contributed by atoms with Crippen LogP contribution in [-0.4, -0.2) is 23.9 Å². The molecule has 1 saturated carbocycles.